The maximum atomic E-state index is 6.06. The predicted octanol–water partition coefficient (Wildman–Crippen LogP) is 2.15. The lowest BCUT2D eigenvalue weighted by atomic mass is 10.1. The number of methoxy groups -OCH3 is 1. The van der Waals surface area contributed by atoms with Crippen LogP contribution in [0.2, 0.25) is 0 Å². The van der Waals surface area contributed by atoms with E-state index in [1.165, 1.54) is 0 Å². The zero-order chi connectivity index (χ0) is 15.5. The molecule has 0 amide bonds. The molecule has 0 aliphatic heterocycles. The second-order valence-electron chi connectivity index (χ2n) is 4.73. The van der Waals surface area contributed by atoms with Gasteiger partial charge in [0, 0.05) is 38.5 Å². The summed E-state index contributed by atoms with van der Waals surface area (Å²) in [5, 5.41) is 0. The summed E-state index contributed by atoms with van der Waals surface area (Å²) in [7, 11) is 1.66. The van der Waals surface area contributed by atoms with Gasteiger partial charge >= 0.3 is 0 Å². The lowest BCUT2D eigenvalue weighted by Crippen LogP contribution is -2.31. The van der Waals surface area contributed by atoms with Crippen molar-refractivity contribution < 1.29 is 14.2 Å². The van der Waals surface area contributed by atoms with Crippen LogP contribution < -0.4 is 10.5 Å². The van der Waals surface area contributed by atoms with Crippen molar-refractivity contribution in [2.24, 2.45) is 0 Å². The van der Waals surface area contributed by atoms with E-state index in [2.05, 4.69) is 4.90 Å². The Morgan fingerprint density at radius 2 is 1.67 bits per heavy atom. The maximum Gasteiger partial charge on any atom is 0.119 e. The number of nitrogens with zero attached hydrogens (tertiary/aromatic N) is 1. The second-order valence-corrected chi connectivity index (χ2v) is 4.73. The molecule has 1 aromatic rings. The standard InChI is InChI=1S/C16H28N2O3/c1-4-20-10-8-18(9-11-21-5-2)13-14-12-15(19-3)6-7-16(14)17/h6-7,12H,4-5,8-11,13,17H2,1-3H3. The molecule has 5 nitrogen and oxygen atoms in total. The first-order chi connectivity index (χ1) is 10.2. The number of anilines is 1. The number of ether oxygens (including phenoxy) is 3. The molecule has 0 bridgehead atoms. The van der Waals surface area contributed by atoms with Gasteiger partial charge < -0.3 is 19.9 Å². The molecule has 0 atom stereocenters. The van der Waals surface area contributed by atoms with Crippen molar-refractivity contribution in [1.29, 1.82) is 0 Å². The summed E-state index contributed by atoms with van der Waals surface area (Å²) in [6.07, 6.45) is 0. The Morgan fingerprint density at radius 1 is 1.05 bits per heavy atom. The molecule has 0 radical (unpaired) electrons. The van der Waals surface area contributed by atoms with Gasteiger partial charge in [-0.25, -0.2) is 0 Å². The van der Waals surface area contributed by atoms with Gasteiger partial charge in [-0.15, -0.1) is 0 Å². The van der Waals surface area contributed by atoms with Crippen molar-refractivity contribution >= 4 is 5.69 Å². The number of benzene rings is 1. The number of hydrogen-bond acceptors (Lipinski definition) is 5. The van der Waals surface area contributed by atoms with Gasteiger partial charge in [0.1, 0.15) is 5.75 Å². The van der Waals surface area contributed by atoms with Crippen LogP contribution in [-0.4, -0.2) is 51.5 Å². The predicted molar refractivity (Wildman–Crippen MR) is 85.7 cm³/mol. The van der Waals surface area contributed by atoms with Crippen LogP contribution in [0.4, 0.5) is 5.69 Å². The number of nitrogen functional groups attached to an aromatic ring is 1. The van der Waals surface area contributed by atoms with Crippen LogP contribution in [0.1, 0.15) is 19.4 Å². The molecular formula is C16H28N2O3. The van der Waals surface area contributed by atoms with Gasteiger partial charge in [0.25, 0.3) is 0 Å². The van der Waals surface area contributed by atoms with Gasteiger partial charge in [-0.3, -0.25) is 4.90 Å². The van der Waals surface area contributed by atoms with Gasteiger partial charge in [0.15, 0.2) is 0 Å². The molecule has 1 rings (SSSR count). The molecule has 0 fully saturated rings. The molecule has 5 heteroatoms. The van der Waals surface area contributed by atoms with E-state index in [9.17, 15) is 0 Å². The summed E-state index contributed by atoms with van der Waals surface area (Å²) in [5.74, 6) is 0.828. The van der Waals surface area contributed by atoms with E-state index in [1.54, 1.807) is 7.11 Å². The molecule has 0 heterocycles. The molecule has 2 N–H and O–H groups in total. The van der Waals surface area contributed by atoms with Crippen LogP contribution in [0, 0.1) is 0 Å². The molecule has 0 aliphatic rings. The summed E-state index contributed by atoms with van der Waals surface area (Å²) in [5.41, 5.74) is 7.91. The highest BCUT2D eigenvalue weighted by molar-refractivity contribution is 5.50. The molecule has 0 aromatic heterocycles. The Morgan fingerprint density at radius 3 is 2.19 bits per heavy atom. The largest absolute Gasteiger partial charge is 0.497 e. The minimum Gasteiger partial charge on any atom is -0.497 e. The first-order valence-electron chi connectivity index (χ1n) is 7.51. The molecule has 0 unspecified atom stereocenters. The van der Waals surface area contributed by atoms with Gasteiger partial charge in [-0.05, 0) is 37.6 Å². The highest BCUT2D eigenvalue weighted by Gasteiger charge is 2.09. The van der Waals surface area contributed by atoms with Crippen molar-refractivity contribution in [2.75, 3.05) is 52.4 Å². The van der Waals surface area contributed by atoms with Crippen molar-refractivity contribution in [3.05, 3.63) is 23.8 Å². The smallest absolute Gasteiger partial charge is 0.119 e. The summed E-state index contributed by atoms with van der Waals surface area (Å²) in [6, 6.07) is 5.75. The minimum atomic E-state index is 0.715. The van der Waals surface area contributed by atoms with Crippen LogP contribution in [0.25, 0.3) is 0 Å². The van der Waals surface area contributed by atoms with Gasteiger partial charge in [-0.1, -0.05) is 0 Å². The monoisotopic (exact) mass is 296 g/mol. The molecule has 1 aromatic carbocycles. The van der Waals surface area contributed by atoms with Crippen molar-refractivity contribution in [3.8, 4) is 5.75 Å². The highest BCUT2D eigenvalue weighted by atomic mass is 16.5. The van der Waals surface area contributed by atoms with E-state index in [-0.39, 0.29) is 0 Å². The fourth-order valence-corrected chi connectivity index (χ4v) is 2.03. The van der Waals surface area contributed by atoms with Crippen molar-refractivity contribution in [1.82, 2.24) is 4.90 Å². The third-order valence-electron chi connectivity index (χ3n) is 3.26. The average molecular weight is 296 g/mol. The van der Waals surface area contributed by atoms with E-state index in [4.69, 9.17) is 19.9 Å². The van der Waals surface area contributed by atoms with Crippen LogP contribution in [0.3, 0.4) is 0 Å². The first kappa shape index (κ1) is 17.8. The summed E-state index contributed by atoms with van der Waals surface area (Å²) in [4.78, 5) is 2.29. The zero-order valence-corrected chi connectivity index (χ0v) is 13.4. The molecule has 0 saturated carbocycles. The molecule has 0 aliphatic carbocycles. The van der Waals surface area contributed by atoms with Crippen LogP contribution >= 0.6 is 0 Å². The maximum absolute atomic E-state index is 6.06. The Kier molecular flexibility index (Phi) is 8.82. The second kappa shape index (κ2) is 10.4. The molecule has 120 valence electrons. The molecule has 0 spiro atoms. The van der Waals surface area contributed by atoms with E-state index in [0.717, 1.165) is 49.8 Å². The van der Waals surface area contributed by atoms with Gasteiger partial charge in [0.05, 0.1) is 20.3 Å². The zero-order valence-electron chi connectivity index (χ0n) is 13.4. The summed E-state index contributed by atoms with van der Waals surface area (Å²) < 4.78 is 16.2. The fourth-order valence-electron chi connectivity index (χ4n) is 2.03. The Bertz CT molecular complexity index is 389. The van der Waals surface area contributed by atoms with E-state index in [0.29, 0.717) is 13.2 Å². The normalized spacial score (nSPS) is 11.0. The number of hydrogen-bond donors (Lipinski definition) is 1. The first-order valence-corrected chi connectivity index (χ1v) is 7.51. The quantitative estimate of drug-likeness (QED) is 0.501. The third-order valence-corrected chi connectivity index (χ3v) is 3.26. The number of nitrogens with two attached hydrogens (primary N) is 1. The lowest BCUT2D eigenvalue weighted by Gasteiger charge is -2.23. The molecule has 0 saturated heterocycles. The van der Waals surface area contributed by atoms with Gasteiger partial charge in [0.2, 0.25) is 0 Å². The van der Waals surface area contributed by atoms with E-state index < -0.39 is 0 Å². The summed E-state index contributed by atoms with van der Waals surface area (Å²) >= 11 is 0. The molecular weight excluding hydrogens is 268 g/mol. The van der Waals surface area contributed by atoms with E-state index >= 15 is 0 Å². The van der Waals surface area contributed by atoms with Crippen LogP contribution in [0.15, 0.2) is 18.2 Å². The Hall–Kier alpha value is -1.30. The number of rotatable bonds is 11. The third kappa shape index (κ3) is 6.80. The SMILES string of the molecule is CCOCCN(CCOCC)Cc1cc(OC)ccc1N. The highest BCUT2D eigenvalue weighted by Crippen LogP contribution is 2.20. The minimum absolute atomic E-state index is 0.715. The van der Waals surface area contributed by atoms with Crippen LogP contribution in [-0.2, 0) is 16.0 Å². The van der Waals surface area contributed by atoms with Crippen LogP contribution in [0.5, 0.6) is 5.75 Å². The van der Waals surface area contributed by atoms with E-state index in [1.807, 2.05) is 32.0 Å². The van der Waals surface area contributed by atoms with Crippen molar-refractivity contribution in [2.45, 2.75) is 20.4 Å². The van der Waals surface area contributed by atoms with Gasteiger partial charge in [-0.2, -0.15) is 0 Å². The lowest BCUT2D eigenvalue weighted by molar-refractivity contribution is 0.0798. The average Bonchev–Trinajstić information content (AvgIpc) is 2.49. The Labute approximate surface area is 128 Å². The summed E-state index contributed by atoms with van der Waals surface area (Å²) in [6.45, 7) is 9.40. The molecule has 21 heavy (non-hydrogen) atoms. The topological polar surface area (TPSA) is 57.0 Å². The fraction of sp³-hybridized carbons (Fsp3) is 0.625. The Balaban J connectivity index is 2.64. The van der Waals surface area contributed by atoms with Crippen molar-refractivity contribution in [3.63, 3.8) is 0 Å².